The van der Waals surface area contributed by atoms with E-state index >= 15 is 0 Å². The van der Waals surface area contributed by atoms with E-state index in [0.717, 1.165) is 17.7 Å². The minimum absolute atomic E-state index is 0.102. The van der Waals surface area contributed by atoms with Gasteiger partial charge in [-0.3, -0.25) is 24.1 Å². The molecule has 4 amide bonds. The fraction of sp³-hybridized carbons (Fsp3) is 0.522. The van der Waals surface area contributed by atoms with Crippen LogP contribution < -0.4 is 10.2 Å². The molecule has 4 rings (SSSR count). The molecule has 1 saturated carbocycles. The maximum absolute atomic E-state index is 13.0. The van der Waals surface area contributed by atoms with Gasteiger partial charge >= 0.3 is 5.97 Å². The lowest BCUT2D eigenvalue weighted by molar-refractivity contribution is -0.159. The van der Waals surface area contributed by atoms with Crippen molar-refractivity contribution >= 4 is 41.0 Å². The van der Waals surface area contributed by atoms with Crippen molar-refractivity contribution in [2.45, 2.75) is 58.0 Å². The van der Waals surface area contributed by atoms with Crippen LogP contribution in [0.3, 0.4) is 0 Å². The molecule has 4 unspecified atom stereocenters. The number of carbonyl (C=O) groups is 5. The summed E-state index contributed by atoms with van der Waals surface area (Å²) in [6, 6.07) is 5.38. The lowest BCUT2D eigenvalue weighted by Crippen LogP contribution is -2.46. The number of fused-ring (bicyclic) bond motifs is 2. The van der Waals surface area contributed by atoms with Gasteiger partial charge in [-0.25, -0.2) is 4.79 Å². The predicted octanol–water partition coefficient (Wildman–Crippen LogP) is 1.86. The first-order valence-corrected chi connectivity index (χ1v) is 11.0. The third kappa shape index (κ3) is 3.87. The Bertz CT molecular complexity index is 952. The van der Waals surface area contributed by atoms with Crippen LogP contribution in [0, 0.1) is 11.8 Å². The van der Waals surface area contributed by atoms with E-state index in [1.165, 1.54) is 11.8 Å². The van der Waals surface area contributed by atoms with E-state index in [0.29, 0.717) is 24.2 Å². The first-order chi connectivity index (χ1) is 15.3. The smallest absolute Gasteiger partial charge is 0.329 e. The highest BCUT2D eigenvalue weighted by molar-refractivity contribution is 6.08. The van der Waals surface area contributed by atoms with Gasteiger partial charge in [0.25, 0.3) is 5.91 Å². The van der Waals surface area contributed by atoms with Gasteiger partial charge in [-0.15, -0.1) is 0 Å². The molecule has 0 aromatic heterocycles. The Labute approximate surface area is 186 Å². The number of para-hydroxylation sites is 2. The highest BCUT2D eigenvalue weighted by Gasteiger charge is 2.51. The molecule has 9 heteroatoms. The van der Waals surface area contributed by atoms with E-state index in [4.69, 9.17) is 4.74 Å². The summed E-state index contributed by atoms with van der Waals surface area (Å²) < 4.78 is 5.23. The summed E-state index contributed by atoms with van der Waals surface area (Å²) in [5.74, 6) is -2.86. The number of rotatable bonds is 4. The van der Waals surface area contributed by atoms with Crippen molar-refractivity contribution in [2.75, 3.05) is 16.8 Å². The number of nitrogens with zero attached hydrogens (tertiary/aromatic N) is 2. The highest BCUT2D eigenvalue weighted by atomic mass is 16.5. The minimum atomic E-state index is -1.09. The fourth-order valence-electron chi connectivity index (χ4n) is 4.97. The number of ether oxygens (including phenoxy) is 1. The SMILES string of the molecule is CC(C(=O)OCC(=O)N1c2ccccc2NC(=O)CC1C)N1C(=O)C2CCCCC2C1=O. The Hall–Kier alpha value is -3.23. The molecule has 1 saturated heterocycles. The molecule has 4 atom stereocenters. The number of likely N-dealkylation sites (tertiary alicyclic amines) is 1. The molecule has 9 nitrogen and oxygen atoms in total. The molecule has 0 spiro atoms. The monoisotopic (exact) mass is 441 g/mol. The van der Waals surface area contributed by atoms with Gasteiger partial charge in [-0.05, 0) is 38.8 Å². The molecule has 1 aliphatic carbocycles. The zero-order valence-corrected chi connectivity index (χ0v) is 18.2. The number of esters is 1. The topological polar surface area (TPSA) is 113 Å². The van der Waals surface area contributed by atoms with E-state index in [9.17, 15) is 24.0 Å². The van der Waals surface area contributed by atoms with Crippen LogP contribution in [0.2, 0.25) is 0 Å². The third-order valence-corrected chi connectivity index (χ3v) is 6.57. The molecule has 170 valence electrons. The molecule has 32 heavy (non-hydrogen) atoms. The van der Waals surface area contributed by atoms with Crippen LogP contribution in [0.4, 0.5) is 11.4 Å². The maximum atomic E-state index is 13.0. The van der Waals surface area contributed by atoms with Crippen molar-refractivity contribution in [1.82, 2.24) is 4.90 Å². The van der Waals surface area contributed by atoms with Crippen molar-refractivity contribution in [3.63, 3.8) is 0 Å². The van der Waals surface area contributed by atoms with Gasteiger partial charge in [0.1, 0.15) is 6.04 Å². The van der Waals surface area contributed by atoms with Crippen molar-refractivity contribution in [3.05, 3.63) is 24.3 Å². The molecule has 1 aromatic carbocycles. The molecule has 1 N–H and O–H groups in total. The molecular weight excluding hydrogens is 414 g/mol. The zero-order valence-electron chi connectivity index (χ0n) is 18.2. The molecular formula is C23H27N3O6. The summed E-state index contributed by atoms with van der Waals surface area (Å²) in [5.41, 5.74) is 1.03. The molecule has 3 aliphatic rings. The van der Waals surface area contributed by atoms with Crippen LogP contribution in [0.15, 0.2) is 24.3 Å². The summed E-state index contributed by atoms with van der Waals surface area (Å²) in [6.07, 6.45) is 3.21. The first-order valence-electron chi connectivity index (χ1n) is 11.0. The second-order valence-corrected chi connectivity index (χ2v) is 8.71. The summed E-state index contributed by atoms with van der Waals surface area (Å²) in [5, 5.41) is 2.77. The number of hydrogen-bond acceptors (Lipinski definition) is 6. The van der Waals surface area contributed by atoms with Gasteiger partial charge in [-0.1, -0.05) is 25.0 Å². The van der Waals surface area contributed by atoms with Gasteiger partial charge in [-0.2, -0.15) is 0 Å². The van der Waals surface area contributed by atoms with Gasteiger partial charge in [0, 0.05) is 12.5 Å². The van der Waals surface area contributed by atoms with Crippen LogP contribution in [0.25, 0.3) is 0 Å². The number of nitrogens with one attached hydrogen (secondary N) is 1. The lowest BCUT2D eigenvalue weighted by atomic mass is 9.81. The number of hydrogen-bond donors (Lipinski definition) is 1. The third-order valence-electron chi connectivity index (χ3n) is 6.57. The summed E-state index contributed by atoms with van der Waals surface area (Å²) in [6.45, 7) is 2.64. The molecule has 0 bridgehead atoms. The Balaban J connectivity index is 1.44. The summed E-state index contributed by atoms with van der Waals surface area (Å²) >= 11 is 0. The normalized spacial score (nSPS) is 26.1. The Morgan fingerprint density at radius 1 is 1.09 bits per heavy atom. The van der Waals surface area contributed by atoms with E-state index < -0.39 is 30.6 Å². The van der Waals surface area contributed by atoms with Gasteiger partial charge < -0.3 is 15.0 Å². The second-order valence-electron chi connectivity index (χ2n) is 8.71. The van der Waals surface area contributed by atoms with Crippen LogP contribution in [-0.2, 0) is 28.7 Å². The molecule has 2 fully saturated rings. The largest absolute Gasteiger partial charge is 0.454 e. The minimum Gasteiger partial charge on any atom is -0.454 e. The average Bonchev–Trinajstić information content (AvgIpc) is 2.94. The Kier molecular flexibility index (Phi) is 5.99. The van der Waals surface area contributed by atoms with Crippen molar-refractivity contribution < 1.29 is 28.7 Å². The average molecular weight is 441 g/mol. The van der Waals surface area contributed by atoms with Crippen LogP contribution in [0.5, 0.6) is 0 Å². The number of carbonyl (C=O) groups excluding carboxylic acids is 5. The Morgan fingerprint density at radius 2 is 1.72 bits per heavy atom. The summed E-state index contributed by atoms with van der Waals surface area (Å²) in [7, 11) is 0. The number of amides is 4. The van der Waals surface area contributed by atoms with Gasteiger partial charge in [0.05, 0.1) is 23.2 Å². The highest BCUT2D eigenvalue weighted by Crippen LogP contribution is 2.39. The first kappa shape index (κ1) is 22.0. The Morgan fingerprint density at radius 3 is 2.38 bits per heavy atom. The van der Waals surface area contributed by atoms with Gasteiger partial charge in [0.2, 0.25) is 17.7 Å². The van der Waals surface area contributed by atoms with Crippen LogP contribution in [-0.4, -0.2) is 53.2 Å². The number of imide groups is 1. The zero-order chi connectivity index (χ0) is 23.0. The van der Waals surface area contributed by atoms with E-state index in [1.807, 2.05) is 0 Å². The number of benzene rings is 1. The molecule has 2 heterocycles. The van der Waals surface area contributed by atoms with Crippen LogP contribution in [0.1, 0.15) is 46.0 Å². The number of anilines is 2. The quantitative estimate of drug-likeness (QED) is 0.564. The van der Waals surface area contributed by atoms with E-state index in [-0.39, 0.29) is 36.0 Å². The van der Waals surface area contributed by atoms with Crippen molar-refractivity contribution in [2.24, 2.45) is 11.8 Å². The van der Waals surface area contributed by atoms with Crippen molar-refractivity contribution in [3.8, 4) is 0 Å². The second kappa shape index (κ2) is 8.72. The maximum Gasteiger partial charge on any atom is 0.329 e. The predicted molar refractivity (Wildman–Crippen MR) is 114 cm³/mol. The van der Waals surface area contributed by atoms with E-state index in [2.05, 4.69) is 5.32 Å². The molecule has 0 radical (unpaired) electrons. The lowest BCUT2D eigenvalue weighted by Gasteiger charge is -2.28. The standard InChI is InChI=1S/C23H27N3O6/c1-13-11-19(27)24-17-9-5-6-10-18(17)25(13)20(28)12-32-23(31)14(2)26-21(29)15-7-3-4-8-16(15)22(26)30/h5-6,9-10,13-16H,3-4,7-8,11-12H2,1-2H3,(H,24,27). The van der Waals surface area contributed by atoms with Crippen LogP contribution >= 0.6 is 0 Å². The van der Waals surface area contributed by atoms with Gasteiger partial charge in [0.15, 0.2) is 6.61 Å². The summed E-state index contributed by atoms with van der Waals surface area (Å²) in [4.78, 5) is 65.6. The fourth-order valence-corrected chi connectivity index (χ4v) is 4.97. The van der Waals surface area contributed by atoms with Crippen molar-refractivity contribution in [1.29, 1.82) is 0 Å². The molecule has 2 aliphatic heterocycles. The van der Waals surface area contributed by atoms with E-state index in [1.54, 1.807) is 31.2 Å². The molecule has 1 aromatic rings.